The normalized spacial score (nSPS) is 17.5. The molecule has 13 heteroatoms. The highest BCUT2D eigenvalue weighted by Crippen LogP contribution is 2.40. The number of rotatable bonds is 15. The molecule has 0 radical (unpaired) electrons. The van der Waals surface area contributed by atoms with Crippen LogP contribution in [0.2, 0.25) is 0 Å². The molecular formula is C50H69N13. The third-order valence-electron chi connectivity index (χ3n) is 12.9. The number of hydrogen-bond donors (Lipinski definition) is 5. The number of benzene rings is 2. The summed E-state index contributed by atoms with van der Waals surface area (Å²) in [6.07, 6.45) is 14.4. The van der Waals surface area contributed by atoms with Gasteiger partial charge in [0.05, 0.1) is 45.2 Å². The summed E-state index contributed by atoms with van der Waals surface area (Å²) in [5.74, 6) is 0.736. The van der Waals surface area contributed by atoms with E-state index in [4.69, 9.17) is 15.8 Å². The van der Waals surface area contributed by atoms with Gasteiger partial charge in [0.15, 0.2) is 6.29 Å². The summed E-state index contributed by atoms with van der Waals surface area (Å²) in [4.78, 5) is 10.3. The van der Waals surface area contributed by atoms with E-state index in [1.54, 1.807) is 0 Å². The Labute approximate surface area is 374 Å². The van der Waals surface area contributed by atoms with Gasteiger partial charge in [-0.2, -0.15) is 10.2 Å². The van der Waals surface area contributed by atoms with Crippen molar-refractivity contribution < 1.29 is 0 Å². The van der Waals surface area contributed by atoms with Crippen LogP contribution < -0.4 is 31.9 Å². The number of aryl methyl sites for hydroxylation is 6. The minimum atomic E-state index is -0.0929. The zero-order valence-electron chi connectivity index (χ0n) is 38.2. The molecule has 3 aromatic heterocycles. The summed E-state index contributed by atoms with van der Waals surface area (Å²) >= 11 is 0. The van der Waals surface area contributed by atoms with Crippen LogP contribution in [-0.2, 0) is 38.9 Å². The first-order chi connectivity index (χ1) is 30.6. The van der Waals surface area contributed by atoms with Crippen LogP contribution in [0.25, 0.3) is 28.1 Å². The average molecular weight is 852 g/mol. The van der Waals surface area contributed by atoms with Crippen molar-refractivity contribution in [1.82, 2.24) is 44.6 Å². The summed E-state index contributed by atoms with van der Waals surface area (Å²) in [7, 11) is 0. The molecule has 1 fully saturated rings. The zero-order valence-corrected chi connectivity index (χ0v) is 38.2. The standard InChI is InChI=1S/C50H69N13/c1-8-62-43(28-34(3)57-62)20-21-53-49-55-45-33-42(37(6)52-22-27-59-23-14-11-15-24-59)31-40-19-13-10-12-18-39-30-41(36(5)51)32-44-48(39)61(26-17-16-25-60(49)47(40)45)50(56-44)54-38(7)46-29-35(4)58-63(46)9-2/h16-17,28-33,49,52-53,55H,5-15,18-27,51H2,1-4H3,(H,54,56)/b17-16+. The van der Waals surface area contributed by atoms with E-state index in [0.717, 1.165) is 134 Å². The molecule has 3 aliphatic heterocycles. The van der Waals surface area contributed by atoms with Crippen LogP contribution >= 0.6 is 0 Å². The van der Waals surface area contributed by atoms with Crippen molar-refractivity contribution in [1.29, 1.82) is 0 Å². The molecule has 63 heavy (non-hydrogen) atoms. The number of likely N-dealkylation sites (tertiary alicyclic amines) is 1. The number of nitrogens with one attached hydrogen (secondary N) is 4. The lowest BCUT2D eigenvalue weighted by Gasteiger charge is -2.28. The monoisotopic (exact) mass is 852 g/mol. The van der Waals surface area contributed by atoms with Gasteiger partial charge in [0.25, 0.3) is 0 Å². The van der Waals surface area contributed by atoms with E-state index in [1.165, 1.54) is 54.9 Å². The highest BCUT2D eigenvalue weighted by Gasteiger charge is 2.31. The Hall–Kier alpha value is -5.79. The molecule has 6 heterocycles. The lowest BCUT2D eigenvalue weighted by atomic mass is 9.97. The number of allylic oxidation sites excluding steroid dienone is 1. The summed E-state index contributed by atoms with van der Waals surface area (Å²) in [5, 5.41) is 24.5. The Morgan fingerprint density at radius 1 is 0.794 bits per heavy atom. The molecule has 0 saturated carbocycles. The van der Waals surface area contributed by atoms with Crippen molar-refractivity contribution in [2.45, 2.75) is 111 Å². The van der Waals surface area contributed by atoms with Crippen molar-refractivity contribution in [3.63, 3.8) is 0 Å². The smallest absolute Gasteiger partial charge is 0.208 e. The molecule has 0 aliphatic carbocycles. The number of anilines is 3. The molecule has 6 N–H and O–H groups in total. The average Bonchev–Trinajstić information content (AvgIpc) is 4.04. The molecule has 5 aromatic rings. The molecule has 1 saturated heterocycles. The highest BCUT2D eigenvalue weighted by atomic mass is 15.4. The van der Waals surface area contributed by atoms with Gasteiger partial charge >= 0.3 is 0 Å². The molecule has 334 valence electrons. The summed E-state index contributed by atoms with van der Waals surface area (Å²) in [6, 6.07) is 13.3. The van der Waals surface area contributed by atoms with E-state index in [-0.39, 0.29) is 6.29 Å². The molecule has 1 atom stereocenters. The number of hydrogen-bond acceptors (Lipinski definition) is 10. The number of nitrogens with zero attached hydrogens (tertiary/aromatic N) is 8. The molecule has 2 aromatic carbocycles. The molecule has 13 nitrogen and oxygen atoms in total. The Morgan fingerprint density at radius 3 is 2.29 bits per heavy atom. The van der Waals surface area contributed by atoms with E-state index in [0.29, 0.717) is 18.8 Å². The van der Waals surface area contributed by atoms with E-state index < -0.39 is 0 Å². The van der Waals surface area contributed by atoms with Gasteiger partial charge in [0, 0.05) is 69.3 Å². The van der Waals surface area contributed by atoms with Gasteiger partial charge in [-0.3, -0.25) is 14.7 Å². The second kappa shape index (κ2) is 19.7. The van der Waals surface area contributed by atoms with Crippen molar-refractivity contribution in [2.75, 3.05) is 54.8 Å². The molecule has 0 bridgehead atoms. The lowest BCUT2D eigenvalue weighted by molar-refractivity contribution is 0.232. The maximum absolute atomic E-state index is 6.35. The van der Waals surface area contributed by atoms with Crippen molar-refractivity contribution in [3.05, 3.63) is 113 Å². The fourth-order valence-corrected chi connectivity index (χ4v) is 9.69. The number of nitrogens with two attached hydrogens (primary N) is 1. The summed E-state index contributed by atoms with van der Waals surface area (Å²) < 4.78 is 6.39. The fraction of sp³-hybridized carbons (Fsp3) is 0.460. The van der Waals surface area contributed by atoms with Crippen LogP contribution in [0.15, 0.2) is 68.3 Å². The van der Waals surface area contributed by atoms with E-state index in [9.17, 15) is 0 Å². The number of piperidine rings is 1. The molecule has 0 amide bonds. The van der Waals surface area contributed by atoms with Crippen molar-refractivity contribution in [3.8, 4) is 0 Å². The van der Waals surface area contributed by atoms with Gasteiger partial charge in [-0.15, -0.1) is 0 Å². The summed E-state index contributed by atoms with van der Waals surface area (Å²) in [5.41, 5.74) is 21.9. The fourth-order valence-electron chi connectivity index (χ4n) is 9.69. The largest absolute Gasteiger partial charge is 0.399 e. The first kappa shape index (κ1) is 43.8. The van der Waals surface area contributed by atoms with E-state index >= 15 is 0 Å². The van der Waals surface area contributed by atoms with Crippen LogP contribution in [0.3, 0.4) is 0 Å². The first-order valence-electron chi connectivity index (χ1n) is 23.4. The van der Waals surface area contributed by atoms with Crippen LogP contribution in [-0.4, -0.2) is 79.6 Å². The number of aromatic nitrogens is 6. The third-order valence-corrected chi connectivity index (χ3v) is 12.9. The second-order valence-electron chi connectivity index (χ2n) is 17.5. The topological polar surface area (TPSA) is 134 Å². The SMILES string of the molecule is C=C(N)c1cc2c3c(c1)nc(NC(=C)c1cc(C)nn1CC)n3C/C=C/CN1c3c(cc(C(=C)NCCN4CCCCC4)cc3NC1NCCc1cc(C)nn1CC)CCCCC2. The lowest BCUT2D eigenvalue weighted by Crippen LogP contribution is -2.48. The Morgan fingerprint density at radius 2 is 1.51 bits per heavy atom. The van der Waals surface area contributed by atoms with Crippen LogP contribution in [0.5, 0.6) is 0 Å². The first-order valence-corrected chi connectivity index (χ1v) is 23.4. The van der Waals surface area contributed by atoms with Gasteiger partial charge < -0.3 is 36.1 Å². The van der Waals surface area contributed by atoms with Crippen LogP contribution in [0.4, 0.5) is 17.3 Å². The predicted octanol–water partition coefficient (Wildman–Crippen LogP) is 8.02. The second-order valence-corrected chi connectivity index (χ2v) is 17.5. The molecule has 8 rings (SSSR count). The Kier molecular flexibility index (Phi) is 13.7. The third kappa shape index (κ3) is 9.89. The maximum Gasteiger partial charge on any atom is 0.208 e. The predicted molar refractivity (Wildman–Crippen MR) is 262 cm³/mol. The van der Waals surface area contributed by atoms with E-state index in [2.05, 4.69) is 134 Å². The van der Waals surface area contributed by atoms with Gasteiger partial charge in [0.1, 0.15) is 0 Å². The molecule has 1 unspecified atom stereocenters. The minimum Gasteiger partial charge on any atom is -0.399 e. The Bertz CT molecular complexity index is 2470. The highest BCUT2D eigenvalue weighted by molar-refractivity contribution is 5.88. The van der Waals surface area contributed by atoms with Crippen molar-refractivity contribution >= 4 is 45.4 Å². The van der Waals surface area contributed by atoms with Gasteiger partial charge in [-0.05, 0) is 138 Å². The number of imidazole rings is 1. The van der Waals surface area contributed by atoms with Crippen LogP contribution in [0.1, 0.15) is 97.4 Å². The quantitative estimate of drug-likeness (QED) is 0.0660. The van der Waals surface area contributed by atoms with Gasteiger partial charge in [0.2, 0.25) is 5.95 Å². The minimum absolute atomic E-state index is 0.0929. The van der Waals surface area contributed by atoms with Crippen LogP contribution in [0, 0.1) is 13.8 Å². The Balaban J connectivity index is 1.11. The van der Waals surface area contributed by atoms with E-state index in [1.807, 2.05) is 11.6 Å². The summed E-state index contributed by atoms with van der Waals surface area (Å²) in [6.45, 7) is 29.5. The van der Waals surface area contributed by atoms with Gasteiger partial charge in [-0.1, -0.05) is 44.7 Å². The van der Waals surface area contributed by atoms with Gasteiger partial charge in [-0.25, -0.2) is 4.98 Å². The molecular weight excluding hydrogens is 783 g/mol. The van der Waals surface area contributed by atoms with Crippen molar-refractivity contribution in [2.24, 2.45) is 5.73 Å². The molecule has 3 aliphatic rings. The zero-order chi connectivity index (χ0) is 44.0. The maximum atomic E-state index is 6.35. The molecule has 0 spiro atoms.